The molecule has 0 spiro atoms. The summed E-state index contributed by atoms with van der Waals surface area (Å²) in [6.07, 6.45) is 3.65. The highest BCUT2D eigenvalue weighted by Crippen LogP contribution is 2.36. The molecule has 2 fully saturated rings. The predicted molar refractivity (Wildman–Crippen MR) is 57.0 cm³/mol. The van der Waals surface area contributed by atoms with Gasteiger partial charge in [-0.1, -0.05) is 19.4 Å². The number of rotatable bonds is 0. The molecule has 0 aromatic rings. The monoisotopic (exact) mass is 207 g/mol. The Balaban J connectivity index is 2.29. The summed E-state index contributed by atoms with van der Waals surface area (Å²) in [5.74, 6) is 0.809. The van der Waals surface area contributed by atoms with Crippen molar-refractivity contribution in [1.29, 1.82) is 0 Å². The summed E-state index contributed by atoms with van der Waals surface area (Å²) in [4.78, 5) is 22.7. The normalized spacial score (nSPS) is 36.9. The second-order valence-electron chi connectivity index (χ2n) is 4.85. The molecular formula is C12H17NO2. The van der Waals surface area contributed by atoms with E-state index >= 15 is 0 Å². The van der Waals surface area contributed by atoms with Gasteiger partial charge in [0.25, 0.3) is 5.91 Å². The van der Waals surface area contributed by atoms with Crippen LogP contribution < -0.4 is 5.32 Å². The van der Waals surface area contributed by atoms with E-state index < -0.39 is 0 Å². The molecule has 1 aliphatic carbocycles. The minimum absolute atomic E-state index is 0.145. The Morgan fingerprint density at radius 2 is 1.93 bits per heavy atom. The summed E-state index contributed by atoms with van der Waals surface area (Å²) in [6.45, 7) is 4.37. The third kappa shape index (κ3) is 1.96. The van der Waals surface area contributed by atoms with Crippen LogP contribution in [0, 0.1) is 11.8 Å². The lowest BCUT2D eigenvalue weighted by molar-refractivity contribution is -0.124. The first-order chi connectivity index (χ1) is 7.08. The molecule has 0 bridgehead atoms. The second-order valence-corrected chi connectivity index (χ2v) is 4.85. The van der Waals surface area contributed by atoms with Gasteiger partial charge in [-0.3, -0.25) is 14.9 Å². The minimum atomic E-state index is -0.157. The first-order valence-corrected chi connectivity index (χ1v) is 5.64. The highest BCUT2D eigenvalue weighted by atomic mass is 16.2. The maximum atomic E-state index is 11.5. The van der Waals surface area contributed by atoms with Gasteiger partial charge in [-0.15, -0.1) is 0 Å². The lowest BCUT2D eigenvalue weighted by atomic mass is 9.77. The van der Waals surface area contributed by atoms with Crippen LogP contribution in [0.15, 0.2) is 11.1 Å². The van der Waals surface area contributed by atoms with Crippen molar-refractivity contribution < 1.29 is 9.59 Å². The molecule has 1 N–H and O–H groups in total. The van der Waals surface area contributed by atoms with Crippen LogP contribution in [-0.2, 0) is 9.59 Å². The zero-order chi connectivity index (χ0) is 11.0. The van der Waals surface area contributed by atoms with E-state index in [-0.39, 0.29) is 11.8 Å². The SMILES string of the molecule is CC1CCC(C)C(=C2CC(=O)NC2=O)C1. The average molecular weight is 207 g/mol. The molecule has 3 heteroatoms. The molecule has 1 saturated carbocycles. The van der Waals surface area contributed by atoms with E-state index in [1.807, 2.05) is 0 Å². The van der Waals surface area contributed by atoms with Gasteiger partial charge in [-0.2, -0.15) is 0 Å². The molecule has 2 unspecified atom stereocenters. The molecule has 0 radical (unpaired) electrons. The Bertz CT molecular complexity index is 344. The van der Waals surface area contributed by atoms with Crippen LogP contribution in [0.2, 0.25) is 0 Å². The summed E-state index contributed by atoms with van der Waals surface area (Å²) >= 11 is 0. The molecule has 0 aromatic heterocycles. The highest BCUT2D eigenvalue weighted by Gasteiger charge is 2.31. The summed E-state index contributed by atoms with van der Waals surface area (Å²) in [5, 5.41) is 2.36. The maximum Gasteiger partial charge on any atom is 0.254 e. The molecular weight excluding hydrogens is 190 g/mol. The van der Waals surface area contributed by atoms with Gasteiger partial charge in [0, 0.05) is 5.57 Å². The van der Waals surface area contributed by atoms with Gasteiger partial charge in [0.2, 0.25) is 5.91 Å². The molecule has 2 atom stereocenters. The third-order valence-corrected chi connectivity index (χ3v) is 3.51. The standard InChI is InChI=1S/C12H17NO2/c1-7-3-4-8(2)9(5-7)10-6-11(14)13-12(10)15/h7-8H,3-6H2,1-2H3,(H,13,14,15). The molecule has 3 nitrogen and oxygen atoms in total. The van der Waals surface area contributed by atoms with Crippen molar-refractivity contribution in [3.8, 4) is 0 Å². The van der Waals surface area contributed by atoms with Crippen LogP contribution in [0.4, 0.5) is 0 Å². The number of carbonyl (C=O) groups is 2. The van der Waals surface area contributed by atoms with Crippen molar-refractivity contribution >= 4 is 11.8 Å². The number of hydrogen-bond donors (Lipinski definition) is 1. The van der Waals surface area contributed by atoms with Gasteiger partial charge in [-0.25, -0.2) is 0 Å². The van der Waals surface area contributed by atoms with Crippen LogP contribution >= 0.6 is 0 Å². The van der Waals surface area contributed by atoms with Crippen molar-refractivity contribution in [2.45, 2.75) is 39.5 Å². The fraction of sp³-hybridized carbons (Fsp3) is 0.667. The lowest BCUT2D eigenvalue weighted by Gasteiger charge is -2.27. The van der Waals surface area contributed by atoms with Gasteiger partial charge < -0.3 is 0 Å². The second kappa shape index (κ2) is 3.80. The van der Waals surface area contributed by atoms with E-state index in [4.69, 9.17) is 0 Å². The van der Waals surface area contributed by atoms with Gasteiger partial charge in [-0.05, 0) is 31.1 Å². The number of nitrogens with one attached hydrogen (secondary N) is 1. The minimum Gasteiger partial charge on any atom is -0.292 e. The summed E-state index contributed by atoms with van der Waals surface area (Å²) < 4.78 is 0. The Morgan fingerprint density at radius 3 is 2.53 bits per heavy atom. The molecule has 15 heavy (non-hydrogen) atoms. The van der Waals surface area contributed by atoms with E-state index in [0.29, 0.717) is 18.3 Å². The van der Waals surface area contributed by atoms with Gasteiger partial charge in [0.15, 0.2) is 0 Å². The van der Waals surface area contributed by atoms with Crippen molar-refractivity contribution in [3.05, 3.63) is 11.1 Å². The molecule has 1 saturated heterocycles. The first-order valence-electron chi connectivity index (χ1n) is 5.64. The lowest BCUT2D eigenvalue weighted by Crippen LogP contribution is -2.21. The predicted octanol–water partition coefficient (Wildman–Crippen LogP) is 1.79. The van der Waals surface area contributed by atoms with Crippen molar-refractivity contribution in [3.63, 3.8) is 0 Å². The summed E-state index contributed by atoms with van der Waals surface area (Å²) in [7, 11) is 0. The zero-order valence-electron chi connectivity index (χ0n) is 9.30. The van der Waals surface area contributed by atoms with Gasteiger partial charge in [0.05, 0.1) is 6.42 Å². The maximum absolute atomic E-state index is 11.5. The van der Waals surface area contributed by atoms with E-state index in [1.165, 1.54) is 12.0 Å². The summed E-state index contributed by atoms with van der Waals surface area (Å²) in [6, 6.07) is 0. The fourth-order valence-electron chi connectivity index (χ4n) is 2.55. The van der Waals surface area contributed by atoms with Crippen molar-refractivity contribution in [2.24, 2.45) is 11.8 Å². The summed E-state index contributed by atoms with van der Waals surface area (Å²) in [5.41, 5.74) is 1.97. The van der Waals surface area contributed by atoms with Crippen LogP contribution in [0.25, 0.3) is 0 Å². The molecule has 1 heterocycles. The molecule has 2 aliphatic rings. The van der Waals surface area contributed by atoms with E-state index in [9.17, 15) is 9.59 Å². The molecule has 2 rings (SSSR count). The van der Waals surface area contributed by atoms with E-state index in [0.717, 1.165) is 18.4 Å². The van der Waals surface area contributed by atoms with Crippen LogP contribution in [0.3, 0.4) is 0 Å². The number of allylic oxidation sites excluding steroid dienone is 1. The molecule has 2 amide bonds. The van der Waals surface area contributed by atoms with Gasteiger partial charge >= 0.3 is 0 Å². The largest absolute Gasteiger partial charge is 0.292 e. The molecule has 1 aliphatic heterocycles. The van der Waals surface area contributed by atoms with Crippen molar-refractivity contribution in [1.82, 2.24) is 5.32 Å². The third-order valence-electron chi connectivity index (χ3n) is 3.51. The molecule has 0 aromatic carbocycles. The van der Waals surface area contributed by atoms with E-state index in [1.54, 1.807) is 0 Å². The van der Waals surface area contributed by atoms with Crippen LogP contribution in [0.1, 0.15) is 39.5 Å². The Labute approximate surface area is 89.9 Å². The smallest absolute Gasteiger partial charge is 0.254 e. The Morgan fingerprint density at radius 1 is 1.20 bits per heavy atom. The molecule has 82 valence electrons. The Hall–Kier alpha value is -1.12. The first kappa shape index (κ1) is 10.4. The van der Waals surface area contributed by atoms with Gasteiger partial charge in [0.1, 0.15) is 0 Å². The number of carbonyl (C=O) groups excluding carboxylic acids is 2. The number of amides is 2. The van der Waals surface area contributed by atoms with Crippen LogP contribution in [0.5, 0.6) is 0 Å². The fourth-order valence-corrected chi connectivity index (χ4v) is 2.55. The Kier molecular flexibility index (Phi) is 2.63. The van der Waals surface area contributed by atoms with E-state index in [2.05, 4.69) is 19.2 Å². The van der Waals surface area contributed by atoms with Crippen LogP contribution in [-0.4, -0.2) is 11.8 Å². The quantitative estimate of drug-likeness (QED) is 0.486. The zero-order valence-corrected chi connectivity index (χ0v) is 9.30. The van der Waals surface area contributed by atoms with Crippen molar-refractivity contribution in [2.75, 3.05) is 0 Å². The topological polar surface area (TPSA) is 46.2 Å². The highest BCUT2D eigenvalue weighted by molar-refractivity contribution is 6.13. The average Bonchev–Trinajstić information content (AvgIpc) is 2.50. The number of imide groups is 1. The number of hydrogen-bond acceptors (Lipinski definition) is 2.